The van der Waals surface area contributed by atoms with Gasteiger partial charge < -0.3 is 16.4 Å². The molecular formula is C10H13N3O2S. The van der Waals surface area contributed by atoms with Crippen molar-refractivity contribution in [1.82, 2.24) is 10.6 Å². The summed E-state index contributed by atoms with van der Waals surface area (Å²) in [5, 5.41) is 7.36. The van der Waals surface area contributed by atoms with Crippen LogP contribution in [0.1, 0.15) is 22.5 Å². The first-order valence-electron chi connectivity index (χ1n) is 5.07. The Bertz CT molecular complexity index is 406. The first-order chi connectivity index (χ1) is 7.66. The average Bonchev–Trinajstić information content (AvgIpc) is 2.68. The lowest BCUT2D eigenvalue weighted by molar-refractivity contribution is -0.122. The van der Waals surface area contributed by atoms with Crippen molar-refractivity contribution in [2.75, 3.05) is 12.3 Å². The molecule has 2 amide bonds. The van der Waals surface area contributed by atoms with E-state index in [0.29, 0.717) is 30.0 Å². The van der Waals surface area contributed by atoms with Crippen LogP contribution in [0, 0.1) is 0 Å². The van der Waals surface area contributed by atoms with Crippen LogP contribution in [0.2, 0.25) is 0 Å². The van der Waals surface area contributed by atoms with Gasteiger partial charge in [0.05, 0.1) is 5.69 Å². The lowest BCUT2D eigenvalue weighted by Gasteiger charge is -2.23. The van der Waals surface area contributed by atoms with Crippen LogP contribution < -0.4 is 16.4 Å². The summed E-state index contributed by atoms with van der Waals surface area (Å²) in [6, 6.07) is 1.72. The molecule has 1 aromatic heterocycles. The number of piperidine rings is 1. The van der Waals surface area contributed by atoms with E-state index >= 15 is 0 Å². The van der Waals surface area contributed by atoms with Crippen LogP contribution in [-0.2, 0) is 4.79 Å². The third-order valence-corrected chi connectivity index (χ3v) is 3.43. The summed E-state index contributed by atoms with van der Waals surface area (Å²) in [7, 11) is 0. The summed E-state index contributed by atoms with van der Waals surface area (Å²) in [5.41, 5.74) is 6.15. The van der Waals surface area contributed by atoms with Crippen LogP contribution in [0.25, 0.3) is 0 Å². The zero-order valence-electron chi connectivity index (χ0n) is 8.66. The van der Waals surface area contributed by atoms with Crippen LogP contribution in [0.15, 0.2) is 11.4 Å². The number of nitrogens with one attached hydrogen (secondary N) is 2. The minimum atomic E-state index is -0.159. The second kappa shape index (κ2) is 4.52. The van der Waals surface area contributed by atoms with E-state index in [1.54, 1.807) is 11.4 Å². The number of carbonyl (C=O) groups excluding carboxylic acids is 2. The zero-order chi connectivity index (χ0) is 11.5. The Balaban J connectivity index is 1.93. The molecule has 0 bridgehead atoms. The van der Waals surface area contributed by atoms with E-state index in [4.69, 9.17) is 5.73 Å². The Morgan fingerprint density at radius 1 is 1.62 bits per heavy atom. The summed E-state index contributed by atoms with van der Waals surface area (Å²) in [5.74, 6) is -0.116. The molecular weight excluding hydrogens is 226 g/mol. The summed E-state index contributed by atoms with van der Waals surface area (Å²) in [4.78, 5) is 23.3. The van der Waals surface area contributed by atoms with E-state index in [-0.39, 0.29) is 17.9 Å². The molecule has 86 valence electrons. The van der Waals surface area contributed by atoms with Crippen LogP contribution in [0.3, 0.4) is 0 Å². The monoisotopic (exact) mass is 239 g/mol. The maximum Gasteiger partial charge on any atom is 0.263 e. The number of hydrogen-bond acceptors (Lipinski definition) is 4. The van der Waals surface area contributed by atoms with Gasteiger partial charge in [-0.25, -0.2) is 0 Å². The van der Waals surface area contributed by atoms with Gasteiger partial charge in [-0.3, -0.25) is 9.59 Å². The van der Waals surface area contributed by atoms with Gasteiger partial charge in [-0.1, -0.05) is 0 Å². The molecule has 1 atom stereocenters. The number of carbonyl (C=O) groups is 2. The molecule has 5 nitrogen and oxygen atoms in total. The van der Waals surface area contributed by atoms with Crippen molar-refractivity contribution >= 4 is 28.8 Å². The van der Waals surface area contributed by atoms with E-state index in [1.807, 2.05) is 0 Å². The maximum atomic E-state index is 11.8. The van der Waals surface area contributed by atoms with Crippen molar-refractivity contribution < 1.29 is 9.59 Å². The van der Waals surface area contributed by atoms with E-state index in [9.17, 15) is 9.59 Å². The summed E-state index contributed by atoms with van der Waals surface area (Å²) in [6.07, 6.45) is 1.15. The van der Waals surface area contributed by atoms with Crippen molar-refractivity contribution in [1.29, 1.82) is 0 Å². The van der Waals surface area contributed by atoms with Gasteiger partial charge in [0, 0.05) is 19.0 Å². The topological polar surface area (TPSA) is 84.2 Å². The third-order valence-electron chi connectivity index (χ3n) is 2.50. The molecule has 1 fully saturated rings. The van der Waals surface area contributed by atoms with Crippen molar-refractivity contribution in [3.63, 3.8) is 0 Å². The fraction of sp³-hybridized carbons (Fsp3) is 0.400. The number of rotatable bonds is 2. The van der Waals surface area contributed by atoms with E-state index in [1.165, 1.54) is 11.3 Å². The molecule has 6 heteroatoms. The number of nitrogens with two attached hydrogens (primary N) is 1. The summed E-state index contributed by atoms with van der Waals surface area (Å²) < 4.78 is 0. The molecule has 0 spiro atoms. The zero-order valence-corrected chi connectivity index (χ0v) is 9.47. The second-order valence-corrected chi connectivity index (χ2v) is 4.63. The van der Waals surface area contributed by atoms with E-state index < -0.39 is 0 Å². The third kappa shape index (κ3) is 2.33. The average molecular weight is 239 g/mol. The van der Waals surface area contributed by atoms with Crippen molar-refractivity contribution in [2.24, 2.45) is 0 Å². The van der Waals surface area contributed by atoms with Crippen molar-refractivity contribution in [3.8, 4) is 0 Å². The maximum absolute atomic E-state index is 11.8. The Kier molecular flexibility index (Phi) is 3.09. The number of hydrogen-bond donors (Lipinski definition) is 3. The molecule has 16 heavy (non-hydrogen) atoms. The van der Waals surface area contributed by atoms with Crippen LogP contribution in [0.4, 0.5) is 5.69 Å². The number of anilines is 1. The summed E-state index contributed by atoms with van der Waals surface area (Å²) in [6.45, 7) is 0.496. The minimum absolute atomic E-state index is 0.00620. The lowest BCUT2D eigenvalue weighted by atomic mass is 10.1. The highest BCUT2D eigenvalue weighted by Crippen LogP contribution is 2.18. The Labute approximate surface area is 97.0 Å². The van der Waals surface area contributed by atoms with Gasteiger partial charge in [-0.05, 0) is 17.9 Å². The molecule has 1 aliphatic rings. The van der Waals surface area contributed by atoms with Gasteiger partial charge in [0.1, 0.15) is 4.88 Å². The number of thiophene rings is 1. The highest BCUT2D eigenvalue weighted by molar-refractivity contribution is 7.12. The van der Waals surface area contributed by atoms with Crippen LogP contribution in [0.5, 0.6) is 0 Å². The van der Waals surface area contributed by atoms with Gasteiger partial charge in [0.2, 0.25) is 5.91 Å². The number of nitrogen functional groups attached to an aromatic ring is 1. The first-order valence-corrected chi connectivity index (χ1v) is 5.95. The molecule has 0 aliphatic carbocycles. The molecule has 4 N–H and O–H groups in total. The predicted octanol–water partition coefficient (Wildman–Crippen LogP) is 0.339. The minimum Gasteiger partial charge on any atom is -0.397 e. The van der Waals surface area contributed by atoms with Gasteiger partial charge in [0.25, 0.3) is 5.91 Å². The Hall–Kier alpha value is -1.56. The van der Waals surface area contributed by atoms with Crippen LogP contribution >= 0.6 is 11.3 Å². The molecule has 0 saturated carbocycles. The van der Waals surface area contributed by atoms with Crippen LogP contribution in [-0.4, -0.2) is 24.4 Å². The highest BCUT2D eigenvalue weighted by Gasteiger charge is 2.21. The molecule has 1 unspecified atom stereocenters. The Morgan fingerprint density at radius 3 is 3.00 bits per heavy atom. The second-order valence-electron chi connectivity index (χ2n) is 3.72. The summed E-state index contributed by atoms with van der Waals surface area (Å²) >= 11 is 1.32. The molecule has 1 aliphatic heterocycles. The lowest BCUT2D eigenvalue weighted by Crippen LogP contribution is -2.47. The van der Waals surface area contributed by atoms with Gasteiger partial charge in [0.15, 0.2) is 0 Å². The highest BCUT2D eigenvalue weighted by atomic mass is 32.1. The molecule has 2 rings (SSSR count). The van der Waals surface area contributed by atoms with Gasteiger partial charge in [-0.15, -0.1) is 11.3 Å². The van der Waals surface area contributed by atoms with Crippen molar-refractivity contribution in [2.45, 2.75) is 18.9 Å². The molecule has 2 heterocycles. The molecule has 1 saturated heterocycles. The molecule has 0 radical (unpaired) electrons. The fourth-order valence-electron chi connectivity index (χ4n) is 1.61. The molecule has 0 aromatic carbocycles. The normalized spacial score (nSPS) is 20.2. The smallest absolute Gasteiger partial charge is 0.263 e. The van der Waals surface area contributed by atoms with Gasteiger partial charge in [-0.2, -0.15) is 0 Å². The Morgan fingerprint density at radius 2 is 2.44 bits per heavy atom. The largest absolute Gasteiger partial charge is 0.397 e. The fourth-order valence-corrected chi connectivity index (χ4v) is 2.33. The van der Waals surface area contributed by atoms with E-state index in [2.05, 4.69) is 10.6 Å². The SMILES string of the molecule is Nc1ccsc1C(=O)NC1CCC(=O)NC1. The van der Waals surface area contributed by atoms with Gasteiger partial charge >= 0.3 is 0 Å². The first kappa shape index (κ1) is 10.9. The molecule has 1 aromatic rings. The van der Waals surface area contributed by atoms with E-state index in [0.717, 1.165) is 0 Å². The van der Waals surface area contributed by atoms with Crippen molar-refractivity contribution in [3.05, 3.63) is 16.3 Å². The standard InChI is InChI=1S/C10H13N3O2S/c11-7-3-4-16-9(7)10(15)13-6-1-2-8(14)12-5-6/h3-4,6H,1-2,5,11H2,(H,12,14)(H,13,15). The quantitative estimate of drug-likeness (QED) is 0.695. The predicted molar refractivity (Wildman–Crippen MR) is 62.2 cm³/mol. The number of amides is 2.